The van der Waals surface area contributed by atoms with E-state index in [1.807, 2.05) is 4.90 Å². The highest BCUT2D eigenvalue weighted by molar-refractivity contribution is 8.00. The third-order valence-corrected chi connectivity index (χ3v) is 7.91. The lowest BCUT2D eigenvalue weighted by Gasteiger charge is -2.47. The molecule has 0 aromatic rings. The number of thioether (sulfide) groups is 1. The largest absolute Gasteiger partial charge is 0.465 e. The number of nitrogens with zero attached hydrogens (tertiary/aromatic N) is 1. The molecular weight excluding hydrogens is 381 g/mol. The molecule has 1 amide bonds. The standard InChI is InChI=1S/C20H32FN3O3S/c1-2-27-16(25)11-28-20-23-17-14-5-3-4-6-15(14)22-18(17)19(26)24(20)13-9-7-12(21)8-10-13/h12-15,17-18,20,22-23H,2-11H2,1H3. The third kappa shape index (κ3) is 4.05. The summed E-state index contributed by atoms with van der Waals surface area (Å²) in [5, 5.41) is 7.30. The van der Waals surface area contributed by atoms with Gasteiger partial charge in [0.1, 0.15) is 17.7 Å². The van der Waals surface area contributed by atoms with Gasteiger partial charge in [0.05, 0.1) is 12.4 Å². The number of amides is 1. The highest BCUT2D eigenvalue weighted by Crippen LogP contribution is 2.39. The molecule has 158 valence electrons. The molecule has 4 fully saturated rings. The van der Waals surface area contributed by atoms with Crippen molar-refractivity contribution in [3.63, 3.8) is 0 Å². The number of nitrogens with one attached hydrogen (secondary N) is 2. The number of hydrogen-bond acceptors (Lipinski definition) is 6. The van der Waals surface area contributed by atoms with E-state index in [2.05, 4.69) is 10.6 Å². The van der Waals surface area contributed by atoms with Gasteiger partial charge in [-0.25, -0.2) is 4.39 Å². The van der Waals surface area contributed by atoms with Crippen molar-refractivity contribution in [2.75, 3.05) is 12.4 Å². The molecule has 5 unspecified atom stereocenters. The van der Waals surface area contributed by atoms with Gasteiger partial charge in [-0.3, -0.25) is 14.9 Å². The number of halogens is 1. The van der Waals surface area contributed by atoms with Crippen LogP contribution in [0.25, 0.3) is 0 Å². The van der Waals surface area contributed by atoms with Crippen LogP contribution in [-0.4, -0.2) is 65.0 Å². The molecule has 2 N–H and O–H groups in total. The number of esters is 1. The summed E-state index contributed by atoms with van der Waals surface area (Å²) in [6, 6.07) is 0.358. The van der Waals surface area contributed by atoms with Crippen molar-refractivity contribution >= 4 is 23.6 Å². The highest BCUT2D eigenvalue weighted by atomic mass is 32.2. The van der Waals surface area contributed by atoms with Crippen molar-refractivity contribution in [3.8, 4) is 0 Å². The highest BCUT2D eigenvalue weighted by Gasteiger charge is 2.53. The zero-order valence-electron chi connectivity index (χ0n) is 16.6. The molecule has 4 rings (SSSR count). The van der Waals surface area contributed by atoms with Crippen LogP contribution >= 0.6 is 11.8 Å². The quantitative estimate of drug-likeness (QED) is 0.674. The normalized spacial score (nSPS) is 40.7. The van der Waals surface area contributed by atoms with Crippen LogP contribution in [-0.2, 0) is 14.3 Å². The molecule has 5 atom stereocenters. The second kappa shape index (κ2) is 8.88. The molecule has 2 saturated heterocycles. The lowest BCUT2D eigenvalue weighted by Crippen LogP contribution is -2.68. The van der Waals surface area contributed by atoms with Gasteiger partial charge in [0.25, 0.3) is 0 Å². The van der Waals surface area contributed by atoms with E-state index in [9.17, 15) is 14.0 Å². The number of fused-ring (bicyclic) bond motifs is 3. The Balaban J connectivity index is 1.51. The van der Waals surface area contributed by atoms with E-state index in [1.54, 1.807) is 6.92 Å². The SMILES string of the molecule is CCOC(=O)CSC1NC2C(NC3CCCCC32)C(=O)N1C1CCC(F)CC1. The fourth-order valence-corrected chi connectivity index (χ4v) is 6.57. The van der Waals surface area contributed by atoms with E-state index in [4.69, 9.17) is 4.74 Å². The van der Waals surface area contributed by atoms with E-state index in [-0.39, 0.29) is 41.3 Å². The number of rotatable bonds is 5. The molecular formula is C20H32FN3O3S. The van der Waals surface area contributed by atoms with Gasteiger partial charge in [-0.05, 0) is 51.4 Å². The van der Waals surface area contributed by atoms with E-state index < -0.39 is 6.17 Å². The summed E-state index contributed by atoms with van der Waals surface area (Å²) >= 11 is 1.44. The van der Waals surface area contributed by atoms with Gasteiger partial charge in [0.2, 0.25) is 5.91 Å². The minimum absolute atomic E-state index is 0.0390. The Kier molecular flexibility index (Phi) is 6.47. The molecule has 28 heavy (non-hydrogen) atoms. The van der Waals surface area contributed by atoms with E-state index >= 15 is 0 Å². The Hall–Kier alpha value is -0.860. The maximum Gasteiger partial charge on any atom is 0.316 e. The van der Waals surface area contributed by atoms with Crippen molar-refractivity contribution in [1.82, 2.24) is 15.5 Å². The Bertz CT molecular complexity index is 587. The minimum Gasteiger partial charge on any atom is -0.465 e. The number of ether oxygens (including phenoxy) is 1. The van der Waals surface area contributed by atoms with Gasteiger partial charge in [0, 0.05) is 18.1 Å². The molecule has 0 aromatic heterocycles. The summed E-state index contributed by atoms with van der Waals surface area (Å²) in [4.78, 5) is 27.3. The molecule has 6 nitrogen and oxygen atoms in total. The maximum atomic E-state index is 13.7. The van der Waals surface area contributed by atoms with Gasteiger partial charge in [-0.2, -0.15) is 0 Å². The number of hydrogen-bond donors (Lipinski definition) is 2. The molecule has 0 radical (unpaired) electrons. The summed E-state index contributed by atoms with van der Waals surface area (Å²) < 4.78 is 18.7. The molecule has 2 heterocycles. The molecule has 2 saturated carbocycles. The monoisotopic (exact) mass is 413 g/mol. The van der Waals surface area contributed by atoms with Crippen LogP contribution in [0.1, 0.15) is 58.3 Å². The third-order valence-electron chi connectivity index (χ3n) is 6.83. The Morgan fingerprint density at radius 2 is 1.93 bits per heavy atom. The number of alkyl halides is 1. The Labute approximate surface area is 170 Å². The van der Waals surface area contributed by atoms with Crippen LogP contribution in [0.2, 0.25) is 0 Å². The van der Waals surface area contributed by atoms with Crippen LogP contribution < -0.4 is 10.6 Å². The smallest absolute Gasteiger partial charge is 0.316 e. The average Bonchev–Trinajstić information content (AvgIpc) is 3.07. The van der Waals surface area contributed by atoms with Crippen molar-refractivity contribution in [2.45, 2.75) is 94.1 Å². The Morgan fingerprint density at radius 1 is 1.18 bits per heavy atom. The molecule has 2 aliphatic heterocycles. The van der Waals surface area contributed by atoms with Crippen LogP contribution in [0.5, 0.6) is 0 Å². The van der Waals surface area contributed by atoms with Crippen molar-refractivity contribution in [2.24, 2.45) is 5.92 Å². The first-order valence-corrected chi connectivity index (χ1v) is 11.9. The fraction of sp³-hybridized carbons (Fsp3) is 0.900. The summed E-state index contributed by atoms with van der Waals surface area (Å²) in [5.41, 5.74) is -0.248. The molecule has 2 aliphatic carbocycles. The van der Waals surface area contributed by atoms with Crippen LogP contribution in [0.3, 0.4) is 0 Å². The molecule has 8 heteroatoms. The minimum atomic E-state index is -0.755. The first kappa shape index (κ1) is 20.4. The summed E-state index contributed by atoms with van der Waals surface area (Å²) in [5.74, 6) is 0.558. The molecule has 4 aliphatic rings. The van der Waals surface area contributed by atoms with Crippen molar-refractivity contribution in [1.29, 1.82) is 0 Å². The average molecular weight is 414 g/mol. The zero-order chi connectivity index (χ0) is 19.7. The van der Waals surface area contributed by atoms with Crippen LogP contribution in [0, 0.1) is 5.92 Å². The van der Waals surface area contributed by atoms with Crippen molar-refractivity contribution < 1.29 is 18.7 Å². The summed E-state index contributed by atoms with van der Waals surface area (Å²) in [7, 11) is 0. The van der Waals surface area contributed by atoms with Gasteiger partial charge in [-0.1, -0.05) is 12.8 Å². The van der Waals surface area contributed by atoms with Crippen LogP contribution in [0.4, 0.5) is 4.39 Å². The van der Waals surface area contributed by atoms with E-state index in [0.717, 1.165) is 12.8 Å². The fourth-order valence-electron chi connectivity index (χ4n) is 5.51. The van der Waals surface area contributed by atoms with Gasteiger partial charge in [-0.15, -0.1) is 11.8 Å². The van der Waals surface area contributed by atoms with Gasteiger partial charge in [0.15, 0.2) is 0 Å². The lowest BCUT2D eigenvalue weighted by atomic mass is 9.81. The lowest BCUT2D eigenvalue weighted by molar-refractivity contribution is -0.143. The predicted molar refractivity (Wildman–Crippen MR) is 106 cm³/mol. The molecule has 0 spiro atoms. The first-order valence-electron chi connectivity index (χ1n) is 10.8. The van der Waals surface area contributed by atoms with E-state index in [0.29, 0.717) is 44.2 Å². The number of carbonyl (C=O) groups excluding carboxylic acids is 2. The maximum absolute atomic E-state index is 13.7. The van der Waals surface area contributed by atoms with Crippen molar-refractivity contribution in [3.05, 3.63) is 0 Å². The second-order valence-corrected chi connectivity index (χ2v) is 9.58. The predicted octanol–water partition coefficient (Wildman–Crippen LogP) is 2.18. The Morgan fingerprint density at radius 3 is 2.68 bits per heavy atom. The topological polar surface area (TPSA) is 70.7 Å². The summed E-state index contributed by atoms with van der Waals surface area (Å²) in [6.45, 7) is 2.16. The van der Waals surface area contributed by atoms with E-state index in [1.165, 1.54) is 24.6 Å². The molecule has 0 aromatic carbocycles. The van der Waals surface area contributed by atoms with Crippen LogP contribution in [0.15, 0.2) is 0 Å². The zero-order valence-corrected chi connectivity index (χ0v) is 17.4. The van der Waals surface area contributed by atoms with Gasteiger partial charge >= 0.3 is 5.97 Å². The number of carbonyl (C=O) groups is 2. The second-order valence-electron chi connectivity index (χ2n) is 8.51. The first-order chi connectivity index (χ1) is 13.6. The van der Waals surface area contributed by atoms with Gasteiger partial charge < -0.3 is 15.0 Å². The summed E-state index contributed by atoms with van der Waals surface area (Å²) in [6.07, 6.45) is 6.34. The molecule has 0 bridgehead atoms.